The monoisotopic (exact) mass is 274 g/mol. The van der Waals surface area contributed by atoms with E-state index in [9.17, 15) is 9.59 Å². The second kappa shape index (κ2) is 4.93. The minimum atomic E-state index is -0.201. The average molecular weight is 274 g/mol. The number of methoxy groups -OCH3 is 1. The molecule has 4 heteroatoms. The molecular formula is C16H18O4. The van der Waals surface area contributed by atoms with Crippen LogP contribution in [0.4, 0.5) is 0 Å². The number of hydrogen-bond donors (Lipinski definition) is 0. The van der Waals surface area contributed by atoms with Crippen LogP contribution in [-0.2, 0) is 11.2 Å². The molecule has 0 amide bonds. The zero-order chi connectivity index (χ0) is 14.3. The maximum atomic E-state index is 12.6. The van der Waals surface area contributed by atoms with Gasteiger partial charge in [-0.15, -0.1) is 0 Å². The van der Waals surface area contributed by atoms with E-state index in [0.717, 1.165) is 17.7 Å². The summed E-state index contributed by atoms with van der Waals surface area (Å²) in [7, 11) is 1.57. The van der Waals surface area contributed by atoms with Crippen molar-refractivity contribution in [3.63, 3.8) is 0 Å². The van der Waals surface area contributed by atoms with Crippen molar-refractivity contribution in [2.45, 2.75) is 38.7 Å². The highest BCUT2D eigenvalue weighted by atomic mass is 16.5. The number of fused-ring (bicyclic) bond motifs is 1. The van der Waals surface area contributed by atoms with Crippen LogP contribution in [-0.4, -0.2) is 24.8 Å². The Morgan fingerprint density at radius 1 is 1.35 bits per heavy atom. The summed E-state index contributed by atoms with van der Waals surface area (Å²) in [4.78, 5) is 23.9. The molecule has 1 aliphatic heterocycles. The molecule has 1 aromatic carbocycles. The number of hydrogen-bond acceptors (Lipinski definition) is 4. The Morgan fingerprint density at radius 2 is 2.15 bits per heavy atom. The summed E-state index contributed by atoms with van der Waals surface area (Å²) >= 11 is 0. The second-order valence-corrected chi connectivity index (χ2v) is 5.64. The molecule has 3 rings (SSSR count). The third kappa shape index (κ3) is 2.19. The van der Waals surface area contributed by atoms with Crippen molar-refractivity contribution >= 4 is 11.6 Å². The first-order chi connectivity index (χ1) is 9.58. The van der Waals surface area contributed by atoms with Crippen LogP contribution in [0.3, 0.4) is 0 Å². The number of carbonyl (C=O) groups is 2. The second-order valence-electron chi connectivity index (χ2n) is 5.64. The molecule has 1 heterocycles. The Kier molecular flexibility index (Phi) is 3.24. The standard InChI is InChI=1S/C16H18O4/c1-9-5-11-7-15(19-2)13(8-14(11)20-9)16(18)10-3-4-12(17)6-10/h7-10H,3-6H2,1-2H3. The van der Waals surface area contributed by atoms with E-state index in [4.69, 9.17) is 9.47 Å². The molecular weight excluding hydrogens is 256 g/mol. The van der Waals surface area contributed by atoms with Gasteiger partial charge in [0, 0.05) is 30.7 Å². The average Bonchev–Trinajstić information content (AvgIpc) is 3.00. The Bertz CT molecular complexity index is 576. The highest BCUT2D eigenvalue weighted by Gasteiger charge is 2.32. The Labute approximate surface area is 118 Å². The van der Waals surface area contributed by atoms with Crippen molar-refractivity contribution in [3.8, 4) is 11.5 Å². The zero-order valence-electron chi connectivity index (χ0n) is 11.8. The first-order valence-electron chi connectivity index (χ1n) is 7.02. The Hall–Kier alpha value is -1.84. The SMILES string of the molecule is COc1cc2c(cc1C(=O)C1CCC(=O)C1)OC(C)C2. The molecule has 0 spiro atoms. The zero-order valence-corrected chi connectivity index (χ0v) is 11.8. The van der Waals surface area contributed by atoms with Crippen molar-refractivity contribution in [1.82, 2.24) is 0 Å². The van der Waals surface area contributed by atoms with Gasteiger partial charge in [-0.1, -0.05) is 0 Å². The molecule has 0 radical (unpaired) electrons. The van der Waals surface area contributed by atoms with E-state index >= 15 is 0 Å². The number of benzene rings is 1. The van der Waals surface area contributed by atoms with Crippen molar-refractivity contribution in [3.05, 3.63) is 23.3 Å². The first-order valence-corrected chi connectivity index (χ1v) is 7.02. The molecule has 20 heavy (non-hydrogen) atoms. The quantitative estimate of drug-likeness (QED) is 0.795. The molecule has 0 aromatic heterocycles. The molecule has 1 aliphatic carbocycles. The predicted molar refractivity (Wildman–Crippen MR) is 73.5 cm³/mol. The number of Topliss-reactive ketones (excluding diaryl/α,β-unsaturated/α-hetero) is 2. The van der Waals surface area contributed by atoms with Gasteiger partial charge >= 0.3 is 0 Å². The maximum Gasteiger partial charge on any atom is 0.170 e. The maximum absolute atomic E-state index is 12.6. The molecule has 2 unspecified atom stereocenters. The topological polar surface area (TPSA) is 52.6 Å². The van der Waals surface area contributed by atoms with E-state index in [0.29, 0.717) is 30.6 Å². The van der Waals surface area contributed by atoms with Gasteiger partial charge in [-0.05, 0) is 25.5 Å². The molecule has 2 atom stereocenters. The largest absolute Gasteiger partial charge is 0.496 e. The lowest BCUT2D eigenvalue weighted by Gasteiger charge is -2.13. The number of rotatable bonds is 3. The Morgan fingerprint density at radius 3 is 2.80 bits per heavy atom. The van der Waals surface area contributed by atoms with Gasteiger partial charge in [-0.25, -0.2) is 0 Å². The van der Waals surface area contributed by atoms with Gasteiger partial charge < -0.3 is 9.47 Å². The molecule has 1 saturated carbocycles. The van der Waals surface area contributed by atoms with E-state index in [1.165, 1.54) is 0 Å². The molecule has 4 nitrogen and oxygen atoms in total. The normalized spacial score (nSPS) is 24.4. The van der Waals surface area contributed by atoms with Crippen LogP contribution in [0, 0.1) is 5.92 Å². The molecule has 1 aromatic rings. The number of carbonyl (C=O) groups excluding carboxylic acids is 2. The minimum Gasteiger partial charge on any atom is -0.496 e. The van der Waals surface area contributed by atoms with Crippen molar-refractivity contribution < 1.29 is 19.1 Å². The minimum absolute atomic E-state index is 0.00125. The van der Waals surface area contributed by atoms with E-state index in [-0.39, 0.29) is 23.6 Å². The molecule has 0 N–H and O–H groups in total. The van der Waals surface area contributed by atoms with E-state index in [1.54, 1.807) is 13.2 Å². The lowest BCUT2D eigenvalue weighted by molar-refractivity contribution is -0.117. The summed E-state index contributed by atoms with van der Waals surface area (Å²) in [5, 5.41) is 0. The molecule has 1 fully saturated rings. The van der Waals surface area contributed by atoms with Crippen LogP contribution < -0.4 is 9.47 Å². The van der Waals surface area contributed by atoms with Crippen molar-refractivity contribution in [2.24, 2.45) is 5.92 Å². The van der Waals surface area contributed by atoms with Gasteiger partial charge in [0.2, 0.25) is 0 Å². The molecule has 106 valence electrons. The smallest absolute Gasteiger partial charge is 0.170 e. The van der Waals surface area contributed by atoms with Gasteiger partial charge in [0.1, 0.15) is 23.4 Å². The first kappa shape index (κ1) is 13.2. The van der Waals surface area contributed by atoms with Gasteiger partial charge in [-0.3, -0.25) is 9.59 Å². The van der Waals surface area contributed by atoms with Crippen LogP contribution in [0.5, 0.6) is 11.5 Å². The van der Waals surface area contributed by atoms with Crippen molar-refractivity contribution in [1.29, 1.82) is 0 Å². The summed E-state index contributed by atoms with van der Waals surface area (Å²) in [6.45, 7) is 2.00. The highest BCUT2D eigenvalue weighted by molar-refractivity contribution is 6.04. The predicted octanol–water partition coefficient (Wildman–Crippen LogP) is 2.57. The lowest BCUT2D eigenvalue weighted by Crippen LogP contribution is -2.13. The van der Waals surface area contributed by atoms with Gasteiger partial charge in [0.05, 0.1) is 12.7 Å². The van der Waals surface area contributed by atoms with Crippen molar-refractivity contribution in [2.75, 3.05) is 7.11 Å². The fraction of sp³-hybridized carbons (Fsp3) is 0.500. The fourth-order valence-electron chi connectivity index (χ4n) is 3.06. The van der Waals surface area contributed by atoms with Gasteiger partial charge in [-0.2, -0.15) is 0 Å². The van der Waals surface area contributed by atoms with Crippen LogP contribution in [0.25, 0.3) is 0 Å². The molecule has 0 saturated heterocycles. The van der Waals surface area contributed by atoms with E-state index < -0.39 is 0 Å². The third-order valence-corrected chi connectivity index (χ3v) is 4.10. The van der Waals surface area contributed by atoms with Crippen LogP contribution in [0.1, 0.15) is 42.1 Å². The van der Waals surface area contributed by atoms with Crippen LogP contribution >= 0.6 is 0 Å². The van der Waals surface area contributed by atoms with E-state index in [2.05, 4.69) is 0 Å². The fourth-order valence-corrected chi connectivity index (χ4v) is 3.06. The summed E-state index contributed by atoms with van der Waals surface area (Å²) in [5.41, 5.74) is 1.62. The molecule has 0 bridgehead atoms. The number of ketones is 2. The molecule has 2 aliphatic rings. The summed E-state index contributed by atoms with van der Waals surface area (Å²) in [6.07, 6.45) is 2.48. The van der Waals surface area contributed by atoms with Gasteiger partial charge in [0.25, 0.3) is 0 Å². The van der Waals surface area contributed by atoms with Gasteiger partial charge in [0.15, 0.2) is 5.78 Å². The highest BCUT2D eigenvalue weighted by Crippen LogP contribution is 2.37. The van der Waals surface area contributed by atoms with E-state index in [1.807, 2.05) is 13.0 Å². The summed E-state index contributed by atoms with van der Waals surface area (Å²) in [6, 6.07) is 3.67. The summed E-state index contributed by atoms with van der Waals surface area (Å²) < 4.78 is 11.1. The van der Waals surface area contributed by atoms with Crippen LogP contribution in [0.2, 0.25) is 0 Å². The third-order valence-electron chi connectivity index (χ3n) is 4.10. The summed E-state index contributed by atoms with van der Waals surface area (Å²) in [5.74, 6) is 1.33. The Balaban J connectivity index is 1.94. The van der Waals surface area contributed by atoms with Crippen LogP contribution in [0.15, 0.2) is 12.1 Å². The lowest BCUT2D eigenvalue weighted by atomic mass is 9.94. The number of ether oxygens (including phenoxy) is 2.